The van der Waals surface area contributed by atoms with Crippen LogP contribution in [0, 0.1) is 0 Å². The predicted molar refractivity (Wildman–Crippen MR) is 65.5 cm³/mol. The van der Waals surface area contributed by atoms with Crippen molar-refractivity contribution in [2.24, 2.45) is 0 Å². The summed E-state index contributed by atoms with van der Waals surface area (Å²) in [5.41, 5.74) is 1.33. The van der Waals surface area contributed by atoms with Crippen molar-refractivity contribution in [3.8, 4) is 0 Å². The Balaban J connectivity index is 4.25. The number of rotatable bonds is 7. The van der Waals surface area contributed by atoms with E-state index in [2.05, 4.69) is 43.6 Å². The Labute approximate surface area is 88.8 Å². The first-order valence-corrected chi connectivity index (χ1v) is 5.45. The van der Waals surface area contributed by atoms with E-state index in [1.807, 2.05) is 13.0 Å². The molecule has 0 rings (SSSR count). The molecule has 0 amide bonds. The molecule has 0 aliphatic heterocycles. The zero-order chi connectivity index (χ0) is 10.8. The van der Waals surface area contributed by atoms with Gasteiger partial charge in [-0.3, -0.25) is 4.90 Å². The van der Waals surface area contributed by atoms with Crippen molar-refractivity contribution in [2.45, 2.75) is 27.2 Å². The van der Waals surface area contributed by atoms with Gasteiger partial charge in [0.25, 0.3) is 0 Å². The minimum atomic E-state index is 1.03. The van der Waals surface area contributed by atoms with Gasteiger partial charge >= 0.3 is 0 Å². The van der Waals surface area contributed by atoms with Crippen molar-refractivity contribution >= 4 is 0 Å². The number of nitrogens with zero attached hydrogens (tertiary/aromatic N) is 1. The van der Waals surface area contributed by atoms with Gasteiger partial charge in [-0.2, -0.15) is 0 Å². The second-order valence-corrected chi connectivity index (χ2v) is 3.35. The molecule has 0 aromatic rings. The molecule has 0 radical (unpaired) electrons. The summed E-state index contributed by atoms with van der Waals surface area (Å²) in [6.45, 7) is 13.5. The molecule has 0 atom stereocenters. The lowest BCUT2D eigenvalue weighted by molar-refractivity contribution is 0.315. The molecule has 0 aliphatic carbocycles. The summed E-state index contributed by atoms with van der Waals surface area (Å²) in [5.74, 6) is 0. The van der Waals surface area contributed by atoms with Crippen molar-refractivity contribution < 1.29 is 0 Å². The first kappa shape index (κ1) is 13.2. The molecule has 0 aromatic heterocycles. The van der Waals surface area contributed by atoms with Crippen molar-refractivity contribution in [3.63, 3.8) is 0 Å². The van der Waals surface area contributed by atoms with Gasteiger partial charge in [-0.05, 0) is 32.0 Å². The van der Waals surface area contributed by atoms with Crippen molar-refractivity contribution in [1.82, 2.24) is 4.90 Å². The Morgan fingerprint density at radius 3 is 2.50 bits per heavy atom. The third kappa shape index (κ3) is 5.76. The van der Waals surface area contributed by atoms with E-state index in [1.54, 1.807) is 0 Å². The monoisotopic (exact) mass is 193 g/mol. The number of likely N-dealkylation sites (N-methyl/N-ethyl adjacent to an activating group) is 1. The SMILES string of the molecule is C=C/C=C(\C=C/C)CN(CC)CCC. The van der Waals surface area contributed by atoms with E-state index in [0.717, 1.165) is 13.1 Å². The fraction of sp³-hybridized carbons (Fsp3) is 0.538. The van der Waals surface area contributed by atoms with Crippen LogP contribution in [0.1, 0.15) is 27.2 Å². The highest BCUT2D eigenvalue weighted by Gasteiger charge is 2.01. The van der Waals surface area contributed by atoms with E-state index in [4.69, 9.17) is 0 Å². The molecular formula is C13H23N. The van der Waals surface area contributed by atoms with E-state index < -0.39 is 0 Å². The summed E-state index contributed by atoms with van der Waals surface area (Å²) in [5, 5.41) is 0. The van der Waals surface area contributed by atoms with E-state index in [1.165, 1.54) is 18.5 Å². The van der Waals surface area contributed by atoms with Gasteiger partial charge in [0.15, 0.2) is 0 Å². The zero-order valence-electron chi connectivity index (χ0n) is 9.79. The highest BCUT2D eigenvalue weighted by molar-refractivity contribution is 5.24. The maximum absolute atomic E-state index is 3.73. The van der Waals surface area contributed by atoms with Gasteiger partial charge in [-0.15, -0.1) is 0 Å². The lowest BCUT2D eigenvalue weighted by Crippen LogP contribution is -2.26. The van der Waals surface area contributed by atoms with Crippen LogP contribution in [-0.2, 0) is 0 Å². The standard InChI is InChI=1S/C13H23N/c1-5-9-13(10-6-2)12-14(8-4)11-7-3/h5-6,9-10H,1,7-8,11-12H2,2-4H3/b10-6-,13-9+. The van der Waals surface area contributed by atoms with E-state index >= 15 is 0 Å². The van der Waals surface area contributed by atoms with Gasteiger partial charge in [0.05, 0.1) is 0 Å². The van der Waals surface area contributed by atoms with Crippen LogP contribution in [0.15, 0.2) is 36.5 Å². The fourth-order valence-electron chi connectivity index (χ4n) is 1.45. The summed E-state index contributed by atoms with van der Waals surface area (Å²) >= 11 is 0. The Hall–Kier alpha value is -0.820. The van der Waals surface area contributed by atoms with Crippen LogP contribution in [0.3, 0.4) is 0 Å². The first-order valence-electron chi connectivity index (χ1n) is 5.45. The lowest BCUT2D eigenvalue weighted by atomic mass is 10.2. The molecule has 1 nitrogen and oxygen atoms in total. The van der Waals surface area contributed by atoms with Gasteiger partial charge in [-0.25, -0.2) is 0 Å². The highest BCUT2D eigenvalue weighted by atomic mass is 15.1. The van der Waals surface area contributed by atoms with Crippen molar-refractivity contribution in [1.29, 1.82) is 0 Å². The normalized spacial score (nSPS) is 12.7. The summed E-state index contributed by atoms with van der Waals surface area (Å²) in [6.07, 6.45) is 9.38. The number of hydrogen-bond donors (Lipinski definition) is 0. The van der Waals surface area contributed by atoms with Crippen LogP contribution in [0.5, 0.6) is 0 Å². The average molecular weight is 193 g/mol. The van der Waals surface area contributed by atoms with Crippen LogP contribution in [0.2, 0.25) is 0 Å². The second kappa shape index (κ2) is 8.76. The molecule has 0 N–H and O–H groups in total. The largest absolute Gasteiger partial charge is 0.299 e. The Kier molecular flexibility index (Phi) is 8.25. The number of hydrogen-bond acceptors (Lipinski definition) is 1. The maximum atomic E-state index is 3.73. The molecule has 0 aromatic carbocycles. The third-order valence-electron chi connectivity index (χ3n) is 2.11. The summed E-state index contributed by atoms with van der Waals surface area (Å²) < 4.78 is 0. The first-order chi connectivity index (χ1) is 6.78. The van der Waals surface area contributed by atoms with Crippen LogP contribution >= 0.6 is 0 Å². The van der Waals surface area contributed by atoms with Crippen molar-refractivity contribution in [3.05, 3.63) is 36.5 Å². The van der Waals surface area contributed by atoms with Crippen molar-refractivity contribution in [2.75, 3.05) is 19.6 Å². The Morgan fingerprint density at radius 2 is 2.07 bits per heavy atom. The van der Waals surface area contributed by atoms with E-state index in [9.17, 15) is 0 Å². The van der Waals surface area contributed by atoms with Gasteiger partial charge in [0, 0.05) is 6.54 Å². The summed E-state index contributed by atoms with van der Waals surface area (Å²) in [4.78, 5) is 2.44. The molecule has 14 heavy (non-hydrogen) atoms. The van der Waals surface area contributed by atoms with Crippen LogP contribution in [0.4, 0.5) is 0 Å². The molecule has 0 saturated heterocycles. The lowest BCUT2D eigenvalue weighted by Gasteiger charge is -2.19. The minimum Gasteiger partial charge on any atom is -0.299 e. The van der Waals surface area contributed by atoms with Gasteiger partial charge in [-0.1, -0.05) is 44.7 Å². The Bertz CT molecular complexity index is 201. The molecule has 0 heterocycles. The van der Waals surface area contributed by atoms with Gasteiger partial charge < -0.3 is 0 Å². The predicted octanol–water partition coefficient (Wildman–Crippen LogP) is 3.41. The summed E-state index contributed by atoms with van der Waals surface area (Å²) in [7, 11) is 0. The Morgan fingerprint density at radius 1 is 1.36 bits per heavy atom. The molecule has 0 bridgehead atoms. The van der Waals surface area contributed by atoms with Crippen LogP contribution in [-0.4, -0.2) is 24.5 Å². The summed E-state index contributed by atoms with van der Waals surface area (Å²) in [6, 6.07) is 0. The average Bonchev–Trinajstić information content (AvgIpc) is 2.18. The van der Waals surface area contributed by atoms with E-state index in [0.29, 0.717) is 0 Å². The molecule has 1 heteroatoms. The topological polar surface area (TPSA) is 3.24 Å². The minimum absolute atomic E-state index is 1.03. The van der Waals surface area contributed by atoms with Gasteiger partial charge in [0.2, 0.25) is 0 Å². The quantitative estimate of drug-likeness (QED) is 0.560. The smallest absolute Gasteiger partial charge is 0.0233 e. The molecule has 0 saturated carbocycles. The van der Waals surface area contributed by atoms with Crippen LogP contribution in [0.25, 0.3) is 0 Å². The zero-order valence-corrected chi connectivity index (χ0v) is 9.79. The van der Waals surface area contributed by atoms with E-state index in [-0.39, 0.29) is 0 Å². The maximum Gasteiger partial charge on any atom is 0.0233 e. The molecular weight excluding hydrogens is 170 g/mol. The fourth-order valence-corrected chi connectivity index (χ4v) is 1.45. The molecule has 0 spiro atoms. The molecule has 0 aliphatic rings. The molecule has 0 fully saturated rings. The highest BCUT2D eigenvalue weighted by Crippen LogP contribution is 2.02. The second-order valence-electron chi connectivity index (χ2n) is 3.35. The molecule has 0 unspecified atom stereocenters. The number of allylic oxidation sites excluding steroid dienone is 3. The van der Waals surface area contributed by atoms with Gasteiger partial charge in [0.1, 0.15) is 0 Å². The van der Waals surface area contributed by atoms with Crippen LogP contribution < -0.4 is 0 Å². The third-order valence-corrected chi connectivity index (χ3v) is 2.11. The molecule has 80 valence electrons.